The number of carbonyl (C=O) groups is 1. The third kappa shape index (κ3) is 12.5. The van der Waals surface area contributed by atoms with E-state index in [0.29, 0.717) is 12.0 Å². The van der Waals surface area contributed by atoms with E-state index in [1.807, 2.05) is 0 Å². The highest BCUT2D eigenvalue weighted by atomic mass is 127. The van der Waals surface area contributed by atoms with Crippen molar-refractivity contribution in [3.63, 3.8) is 0 Å². The van der Waals surface area contributed by atoms with Crippen LogP contribution in [-0.2, 0) is 9.53 Å². The molecule has 138 valence electrons. The van der Waals surface area contributed by atoms with Gasteiger partial charge in [-0.05, 0) is 25.2 Å². The molecule has 0 aromatic heterocycles. The Bertz CT molecular complexity index is 360. The van der Waals surface area contributed by atoms with E-state index in [-0.39, 0.29) is 41.8 Å². The van der Waals surface area contributed by atoms with Crippen molar-refractivity contribution in [2.45, 2.75) is 46.6 Å². The summed E-state index contributed by atoms with van der Waals surface area (Å²) in [5.74, 6) is 0.680. The molecule has 1 atom stereocenters. The fourth-order valence-electron chi connectivity index (χ4n) is 1.57. The number of methoxy groups -OCH3 is 1. The second kappa shape index (κ2) is 12.8. The van der Waals surface area contributed by atoms with Gasteiger partial charge in [0.15, 0.2) is 5.96 Å². The summed E-state index contributed by atoms with van der Waals surface area (Å²) in [6.45, 7) is 10.2. The summed E-state index contributed by atoms with van der Waals surface area (Å²) < 4.78 is 5.15. The smallest absolute Gasteiger partial charge is 0.243 e. The number of hydrogen-bond acceptors (Lipinski definition) is 3. The van der Waals surface area contributed by atoms with Gasteiger partial charge in [0.2, 0.25) is 5.91 Å². The van der Waals surface area contributed by atoms with Gasteiger partial charge in [0, 0.05) is 40.4 Å². The number of hydrogen-bond donors (Lipinski definition) is 2. The van der Waals surface area contributed by atoms with Gasteiger partial charge in [-0.3, -0.25) is 4.79 Å². The summed E-state index contributed by atoms with van der Waals surface area (Å²) in [6, 6.07) is 0.308. The Morgan fingerprint density at radius 3 is 2.43 bits per heavy atom. The Labute approximate surface area is 158 Å². The highest BCUT2D eigenvalue weighted by Crippen LogP contribution is 2.18. The number of amides is 1. The van der Waals surface area contributed by atoms with E-state index in [9.17, 15) is 4.79 Å². The first-order valence-electron chi connectivity index (χ1n) is 7.95. The summed E-state index contributed by atoms with van der Waals surface area (Å²) in [5.41, 5.74) is 0.0967. The molecule has 0 fully saturated rings. The maximum absolute atomic E-state index is 11.7. The van der Waals surface area contributed by atoms with Gasteiger partial charge < -0.3 is 20.3 Å². The van der Waals surface area contributed by atoms with E-state index in [1.54, 1.807) is 26.1 Å². The summed E-state index contributed by atoms with van der Waals surface area (Å²) in [5, 5.41) is 6.67. The molecule has 1 amide bonds. The number of guanidine groups is 1. The average molecular weight is 442 g/mol. The molecule has 2 N–H and O–H groups in total. The minimum atomic E-state index is -0.0103. The fourth-order valence-corrected chi connectivity index (χ4v) is 1.57. The maximum atomic E-state index is 11.7. The minimum absolute atomic E-state index is 0. The van der Waals surface area contributed by atoms with Crippen molar-refractivity contribution in [2.24, 2.45) is 10.4 Å². The van der Waals surface area contributed by atoms with Gasteiger partial charge >= 0.3 is 0 Å². The lowest BCUT2D eigenvalue weighted by Gasteiger charge is -2.26. The first-order chi connectivity index (χ1) is 10.2. The van der Waals surface area contributed by atoms with Crippen LogP contribution in [0.2, 0.25) is 0 Å². The van der Waals surface area contributed by atoms with Gasteiger partial charge in [-0.25, -0.2) is 4.99 Å². The molecular formula is C16H35IN4O2. The zero-order valence-electron chi connectivity index (χ0n) is 15.7. The second-order valence-corrected chi connectivity index (χ2v) is 6.67. The minimum Gasteiger partial charge on any atom is -0.385 e. The SMILES string of the molecule is CCC(C)NC(=NCC(=O)N(C)C)NCC(C)(C)CCOC.I. The molecule has 0 saturated heterocycles. The topological polar surface area (TPSA) is 66.0 Å². The second-order valence-electron chi connectivity index (χ2n) is 6.67. The van der Waals surface area contributed by atoms with Crippen molar-refractivity contribution in [3.05, 3.63) is 0 Å². The van der Waals surface area contributed by atoms with Crippen LogP contribution in [0.1, 0.15) is 40.5 Å². The van der Waals surface area contributed by atoms with Gasteiger partial charge in [-0.2, -0.15) is 0 Å². The van der Waals surface area contributed by atoms with Crippen molar-refractivity contribution >= 4 is 35.8 Å². The predicted molar refractivity (Wildman–Crippen MR) is 108 cm³/mol. The van der Waals surface area contributed by atoms with Crippen LogP contribution in [0, 0.1) is 5.41 Å². The molecule has 7 heteroatoms. The number of ether oxygens (including phenoxy) is 1. The zero-order chi connectivity index (χ0) is 17.2. The molecule has 0 saturated carbocycles. The Morgan fingerprint density at radius 1 is 1.35 bits per heavy atom. The largest absolute Gasteiger partial charge is 0.385 e. The molecule has 0 aliphatic rings. The third-order valence-corrected chi connectivity index (χ3v) is 3.58. The Morgan fingerprint density at radius 2 is 1.96 bits per heavy atom. The number of aliphatic imine (C=N–C) groups is 1. The molecule has 0 aliphatic heterocycles. The van der Waals surface area contributed by atoms with E-state index in [4.69, 9.17) is 4.74 Å². The van der Waals surface area contributed by atoms with Gasteiger partial charge in [0.1, 0.15) is 6.54 Å². The highest BCUT2D eigenvalue weighted by molar-refractivity contribution is 14.0. The Balaban J connectivity index is 0. The van der Waals surface area contributed by atoms with Crippen LogP contribution in [0.25, 0.3) is 0 Å². The zero-order valence-corrected chi connectivity index (χ0v) is 18.1. The number of nitrogens with zero attached hydrogens (tertiary/aromatic N) is 2. The molecule has 0 heterocycles. The van der Waals surface area contributed by atoms with Crippen molar-refractivity contribution in [1.82, 2.24) is 15.5 Å². The number of halogens is 1. The fraction of sp³-hybridized carbons (Fsp3) is 0.875. The lowest BCUT2D eigenvalue weighted by atomic mass is 9.90. The van der Waals surface area contributed by atoms with Gasteiger partial charge in [-0.1, -0.05) is 20.8 Å². The van der Waals surface area contributed by atoms with Gasteiger partial charge in [0.05, 0.1) is 0 Å². The Hall–Kier alpha value is -0.570. The van der Waals surface area contributed by atoms with Crippen molar-refractivity contribution < 1.29 is 9.53 Å². The monoisotopic (exact) mass is 442 g/mol. The molecule has 0 bridgehead atoms. The quantitative estimate of drug-likeness (QED) is 0.326. The van der Waals surface area contributed by atoms with E-state index in [0.717, 1.165) is 26.0 Å². The van der Waals surface area contributed by atoms with Crippen LogP contribution in [0.3, 0.4) is 0 Å². The average Bonchev–Trinajstić information content (AvgIpc) is 2.47. The van der Waals surface area contributed by atoms with E-state index >= 15 is 0 Å². The molecule has 23 heavy (non-hydrogen) atoms. The predicted octanol–water partition coefficient (Wildman–Crippen LogP) is 2.09. The van der Waals surface area contributed by atoms with Crippen molar-refractivity contribution in [3.8, 4) is 0 Å². The molecule has 6 nitrogen and oxygen atoms in total. The van der Waals surface area contributed by atoms with E-state index in [1.165, 1.54) is 0 Å². The third-order valence-electron chi connectivity index (χ3n) is 3.58. The summed E-state index contributed by atoms with van der Waals surface area (Å²) in [7, 11) is 5.19. The lowest BCUT2D eigenvalue weighted by Crippen LogP contribution is -2.46. The maximum Gasteiger partial charge on any atom is 0.243 e. The van der Waals surface area contributed by atoms with E-state index < -0.39 is 0 Å². The van der Waals surface area contributed by atoms with Crippen LogP contribution in [0.15, 0.2) is 4.99 Å². The summed E-state index contributed by atoms with van der Waals surface area (Å²) in [4.78, 5) is 17.6. The van der Waals surface area contributed by atoms with Crippen LogP contribution >= 0.6 is 24.0 Å². The molecule has 0 aromatic rings. The first-order valence-corrected chi connectivity index (χ1v) is 7.95. The first kappa shape index (κ1) is 24.7. The van der Waals surface area contributed by atoms with Crippen LogP contribution in [-0.4, -0.2) is 63.7 Å². The molecule has 0 aromatic carbocycles. The van der Waals surface area contributed by atoms with E-state index in [2.05, 4.69) is 43.3 Å². The van der Waals surface area contributed by atoms with Gasteiger partial charge in [-0.15, -0.1) is 24.0 Å². The number of likely N-dealkylation sites (N-methyl/N-ethyl adjacent to an activating group) is 1. The number of rotatable bonds is 9. The van der Waals surface area contributed by atoms with Crippen molar-refractivity contribution in [2.75, 3.05) is 40.9 Å². The number of carbonyl (C=O) groups excluding carboxylic acids is 1. The summed E-state index contributed by atoms with van der Waals surface area (Å²) >= 11 is 0. The van der Waals surface area contributed by atoms with Crippen LogP contribution in [0.5, 0.6) is 0 Å². The van der Waals surface area contributed by atoms with Crippen LogP contribution in [0.4, 0.5) is 0 Å². The molecule has 0 rings (SSSR count). The lowest BCUT2D eigenvalue weighted by molar-refractivity contribution is -0.127. The van der Waals surface area contributed by atoms with Crippen molar-refractivity contribution in [1.29, 1.82) is 0 Å². The molecule has 0 radical (unpaired) electrons. The Kier molecular flexibility index (Phi) is 13.7. The standard InChI is InChI=1S/C16H34N4O2.HI/c1-8-13(2)19-15(17-11-14(21)20(5)6)18-12-16(3,4)9-10-22-7;/h13H,8-12H2,1-7H3,(H2,17,18,19);1H. The molecule has 1 unspecified atom stereocenters. The molecule has 0 spiro atoms. The normalized spacial score (nSPS) is 13.1. The molecule has 0 aliphatic carbocycles. The summed E-state index contributed by atoms with van der Waals surface area (Å²) in [6.07, 6.45) is 1.96. The number of nitrogens with one attached hydrogen (secondary N) is 2. The van der Waals surface area contributed by atoms with Gasteiger partial charge in [0.25, 0.3) is 0 Å². The highest BCUT2D eigenvalue weighted by Gasteiger charge is 2.18. The van der Waals surface area contributed by atoms with Crippen LogP contribution < -0.4 is 10.6 Å². The molecular weight excluding hydrogens is 407 g/mol.